The molecule has 4 rings (SSSR count). The van der Waals surface area contributed by atoms with Crippen molar-refractivity contribution in [2.45, 2.75) is 37.7 Å². The van der Waals surface area contributed by atoms with Crippen LogP contribution in [0.25, 0.3) is 0 Å². The van der Waals surface area contributed by atoms with Crippen molar-refractivity contribution in [3.63, 3.8) is 0 Å². The van der Waals surface area contributed by atoms with Gasteiger partial charge >= 0.3 is 18.4 Å². The summed E-state index contributed by atoms with van der Waals surface area (Å²) in [6, 6.07) is 4.90. The van der Waals surface area contributed by atoms with Crippen LogP contribution >= 0.6 is 0 Å². The molecule has 2 aromatic carbocycles. The maximum Gasteiger partial charge on any atom is 0.416 e. The van der Waals surface area contributed by atoms with Crippen molar-refractivity contribution in [2.24, 2.45) is 5.92 Å². The first-order chi connectivity index (χ1) is 19.5. The van der Waals surface area contributed by atoms with E-state index in [-0.39, 0.29) is 56.4 Å². The molecule has 228 valence electrons. The average molecular weight is 603 g/mol. The van der Waals surface area contributed by atoms with Gasteiger partial charge in [0, 0.05) is 64.8 Å². The molecule has 2 aromatic rings. The summed E-state index contributed by atoms with van der Waals surface area (Å²) >= 11 is 0. The van der Waals surface area contributed by atoms with Gasteiger partial charge in [0.1, 0.15) is 5.82 Å². The molecule has 42 heavy (non-hydrogen) atoms. The van der Waals surface area contributed by atoms with Crippen LogP contribution in [0, 0.1) is 11.7 Å². The highest BCUT2D eigenvalue weighted by molar-refractivity contribution is 5.92. The van der Waals surface area contributed by atoms with Crippen LogP contribution in [0.2, 0.25) is 0 Å². The number of likely N-dealkylation sites (tertiary alicyclic amines) is 2. The fourth-order valence-corrected chi connectivity index (χ4v) is 5.41. The summed E-state index contributed by atoms with van der Waals surface area (Å²) in [5.41, 5.74) is -3.10. The van der Waals surface area contributed by atoms with Gasteiger partial charge in [-0.3, -0.25) is 14.5 Å². The highest BCUT2D eigenvalue weighted by Gasteiger charge is 2.43. The van der Waals surface area contributed by atoms with E-state index in [0.29, 0.717) is 22.6 Å². The van der Waals surface area contributed by atoms with E-state index in [2.05, 4.69) is 0 Å². The summed E-state index contributed by atoms with van der Waals surface area (Å²) in [6.45, 7) is 2.34. The van der Waals surface area contributed by atoms with Gasteiger partial charge in [0.05, 0.1) is 17.0 Å². The molecule has 2 unspecified atom stereocenters. The van der Waals surface area contributed by atoms with E-state index in [4.69, 9.17) is 0 Å². The van der Waals surface area contributed by atoms with E-state index in [0.717, 1.165) is 7.05 Å². The van der Waals surface area contributed by atoms with Crippen LogP contribution in [-0.2, 0) is 21.9 Å². The number of carbonyl (C=O) groups excluding carboxylic acids is 3. The SMILES string of the molecule is CC(=O)N1CC(C(=O)N2CCC(N(C)C(=O)N(C)c3cc(C(F)(F)F)cc(C(F)(F)F)c3)C(c3ccc(F)cc3)C2)C1. The standard InChI is InChI=1S/C28H29F7N4O3/c1-16(40)39-13-18(14-39)25(41)38-9-8-24(23(15-38)17-4-6-21(29)7-5-17)37(3)26(42)36(2)22-11-19(27(30,31)32)10-20(12-22)28(33,34)35/h4-7,10-12,18,23-24H,8-9,13-15H2,1-3H3. The molecule has 0 aromatic heterocycles. The van der Waals surface area contributed by atoms with Gasteiger partial charge in [0.15, 0.2) is 0 Å². The molecule has 0 bridgehead atoms. The number of alkyl halides is 6. The van der Waals surface area contributed by atoms with Crippen LogP contribution in [0.5, 0.6) is 0 Å². The summed E-state index contributed by atoms with van der Waals surface area (Å²) < 4.78 is 94.1. The van der Waals surface area contributed by atoms with Crippen molar-refractivity contribution < 1.29 is 45.1 Å². The number of rotatable bonds is 4. The maximum atomic E-state index is 13.7. The third-order valence-electron chi connectivity index (χ3n) is 7.91. The number of hydrogen-bond acceptors (Lipinski definition) is 3. The minimum Gasteiger partial charge on any atom is -0.342 e. The first-order valence-corrected chi connectivity index (χ1v) is 13.1. The minimum atomic E-state index is -5.08. The number of anilines is 1. The van der Waals surface area contributed by atoms with Gasteiger partial charge in [-0.15, -0.1) is 0 Å². The predicted octanol–water partition coefficient (Wildman–Crippen LogP) is 5.21. The molecule has 14 heteroatoms. The van der Waals surface area contributed by atoms with Gasteiger partial charge in [-0.1, -0.05) is 12.1 Å². The highest BCUT2D eigenvalue weighted by Crippen LogP contribution is 2.39. The molecule has 0 radical (unpaired) electrons. The van der Waals surface area contributed by atoms with Crippen LogP contribution in [-0.4, -0.2) is 78.9 Å². The summed E-state index contributed by atoms with van der Waals surface area (Å²) in [4.78, 5) is 43.3. The van der Waals surface area contributed by atoms with E-state index in [1.807, 2.05) is 0 Å². The molecule has 2 fully saturated rings. The van der Waals surface area contributed by atoms with Crippen LogP contribution in [0.4, 0.5) is 41.2 Å². The Morgan fingerprint density at radius 1 is 0.833 bits per heavy atom. The Hall–Kier alpha value is -3.84. The molecule has 0 aliphatic carbocycles. The largest absolute Gasteiger partial charge is 0.416 e. The molecule has 0 spiro atoms. The summed E-state index contributed by atoms with van der Waals surface area (Å²) in [7, 11) is 2.46. The molecule has 7 nitrogen and oxygen atoms in total. The lowest BCUT2D eigenvalue weighted by molar-refractivity contribution is -0.149. The number of hydrogen-bond donors (Lipinski definition) is 0. The van der Waals surface area contributed by atoms with E-state index in [1.54, 1.807) is 4.90 Å². The second kappa shape index (κ2) is 11.4. The summed E-state index contributed by atoms with van der Waals surface area (Å²) in [5, 5.41) is 0. The number of likely N-dealkylation sites (N-methyl/N-ethyl adjacent to an activating group) is 1. The average Bonchev–Trinajstić information content (AvgIpc) is 2.89. The monoisotopic (exact) mass is 602 g/mol. The number of nitrogens with zero attached hydrogens (tertiary/aromatic N) is 4. The van der Waals surface area contributed by atoms with Gasteiger partial charge in [-0.25, -0.2) is 9.18 Å². The summed E-state index contributed by atoms with van der Waals surface area (Å²) in [5.74, 6) is -1.75. The molecule has 2 atom stereocenters. The predicted molar refractivity (Wildman–Crippen MR) is 138 cm³/mol. The number of carbonyl (C=O) groups is 3. The molecule has 2 aliphatic heterocycles. The Morgan fingerprint density at radius 2 is 1.38 bits per heavy atom. The molecule has 2 saturated heterocycles. The van der Waals surface area contributed by atoms with Crippen molar-refractivity contribution >= 4 is 23.5 Å². The van der Waals surface area contributed by atoms with Crippen molar-refractivity contribution in [3.8, 4) is 0 Å². The van der Waals surface area contributed by atoms with Crippen LogP contribution in [0.3, 0.4) is 0 Å². The topological polar surface area (TPSA) is 64.2 Å². The fourth-order valence-electron chi connectivity index (χ4n) is 5.41. The first-order valence-electron chi connectivity index (χ1n) is 13.1. The normalized spacial score (nSPS) is 19.8. The van der Waals surface area contributed by atoms with E-state index < -0.39 is 53.0 Å². The van der Waals surface area contributed by atoms with Crippen LogP contribution in [0.1, 0.15) is 36.0 Å². The van der Waals surface area contributed by atoms with E-state index in [1.165, 1.54) is 48.0 Å². The fraction of sp³-hybridized carbons (Fsp3) is 0.464. The van der Waals surface area contributed by atoms with Crippen molar-refractivity contribution in [3.05, 3.63) is 65.0 Å². The number of piperidine rings is 1. The second-order valence-corrected chi connectivity index (χ2v) is 10.6. The zero-order valence-corrected chi connectivity index (χ0v) is 23.0. The van der Waals surface area contributed by atoms with Crippen molar-refractivity contribution in [2.75, 3.05) is 45.2 Å². The molecule has 2 heterocycles. The molecule has 2 aliphatic rings. The number of amides is 4. The van der Waals surface area contributed by atoms with Crippen LogP contribution in [0.15, 0.2) is 42.5 Å². The molecular formula is C28H29F7N4O3. The lowest BCUT2D eigenvalue weighted by Crippen LogP contribution is -2.59. The smallest absolute Gasteiger partial charge is 0.342 e. The van der Waals surface area contributed by atoms with Crippen molar-refractivity contribution in [1.82, 2.24) is 14.7 Å². The quantitative estimate of drug-likeness (QED) is 0.452. The number of halogens is 7. The van der Waals surface area contributed by atoms with Gasteiger partial charge in [0.25, 0.3) is 0 Å². The maximum absolute atomic E-state index is 13.7. The van der Waals surface area contributed by atoms with Gasteiger partial charge in [-0.05, 0) is 42.3 Å². The zero-order chi connectivity index (χ0) is 31.1. The minimum absolute atomic E-state index is 0.0133. The third-order valence-corrected chi connectivity index (χ3v) is 7.91. The third kappa shape index (κ3) is 6.46. The van der Waals surface area contributed by atoms with Gasteiger partial charge in [-0.2, -0.15) is 26.3 Å². The molecule has 0 saturated carbocycles. The van der Waals surface area contributed by atoms with Gasteiger partial charge < -0.3 is 14.7 Å². The Balaban J connectivity index is 1.59. The number of urea groups is 1. The summed E-state index contributed by atoms with van der Waals surface area (Å²) in [6.07, 6.45) is -9.93. The van der Waals surface area contributed by atoms with Crippen LogP contribution < -0.4 is 4.90 Å². The van der Waals surface area contributed by atoms with E-state index in [9.17, 15) is 45.1 Å². The highest BCUT2D eigenvalue weighted by atomic mass is 19.4. The molecular weight excluding hydrogens is 573 g/mol. The lowest BCUT2D eigenvalue weighted by atomic mass is 9.84. The second-order valence-electron chi connectivity index (χ2n) is 10.6. The van der Waals surface area contributed by atoms with Crippen molar-refractivity contribution in [1.29, 1.82) is 0 Å². The first kappa shape index (κ1) is 31.1. The molecule has 4 amide bonds. The lowest BCUT2D eigenvalue weighted by Gasteiger charge is -2.46. The Morgan fingerprint density at radius 3 is 1.88 bits per heavy atom. The molecule has 0 N–H and O–H groups in total. The zero-order valence-electron chi connectivity index (χ0n) is 23.0. The van der Waals surface area contributed by atoms with E-state index >= 15 is 0 Å². The number of benzene rings is 2. The Kier molecular flexibility index (Phi) is 8.47. The Bertz CT molecular complexity index is 1310. The Labute approximate surface area is 237 Å². The van der Waals surface area contributed by atoms with Gasteiger partial charge in [0.2, 0.25) is 11.8 Å².